The summed E-state index contributed by atoms with van der Waals surface area (Å²) >= 11 is 3.27. The minimum Gasteiger partial charge on any atom is -0.288 e. The van der Waals surface area contributed by atoms with Gasteiger partial charge in [-0.05, 0) is 35.0 Å². The van der Waals surface area contributed by atoms with E-state index in [1.165, 1.54) is 6.92 Å². The minimum absolute atomic E-state index is 0.0657. The first-order valence-electron chi connectivity index (χ1n) is 5.32. The van der Waals surface area contributed by atoms with E-state index in [1.807, 2.05) is 0 Å². The SMILES string of the molecule is Cc1nnc(NNC(=O)c2ccccc2Br)[nH]c1=O. The fourth-order valence-corrected chi connectivity index (χ4v) is 1.74. The standard InChI is InChI=1S/C11H10BrN5O2/c1-6-9(18)13-11(16-14-6)17-15-10(19)7-4-2-3-5-8(7)12/h2-5H,1H3,(H,15,19)(H2,13,16,17,18). The number of rotatable bonds is 3. The van der Waals surface area contributed by atoms with Crippen LogP contribution in [-0.4, -0.2) is 21.1 Å². The molecule has 0 saturated heterocycles. The Morgan fingerprint density at radius 3 is 2.74 bits per heavy atom. The molecule has 7 nitrogen and oxygen atoms in total. The van der Waals surface area contributed by atoms with E-state index in [2.05, 4.69) is 42.0 Å². The number of halogens is 1. The number of aryl methyl sites for hydroxylation is 1. The summed E-state index contributed by atoms with van der Waals surface area (Å²) in [6, 6.07) is 6.96. The van der Waals surface area contributed by atoms with Crippen molar-refractivity contribution in [2.24, 2.45) is 0 Å². The third kappa shape index (κ3) is 3.16. The van der Waals surface area contributed by atoms with Crippen LogP contribution < -0.4 is 16.4 Å². The summed E-state index contributed by atoms with van der Waals surface area (Å²) in [6.07, 6.45) is 0. The molecule has 1 aromatic heterocycles. The lowest BCUT2D eigenvalue weighted by Gasteiger charge is -2.07. The van der Waals surface area contributed by atoms with Crippen LogP contribution in [-0.2, 0) is 0 Å². The van der Waals surface area contributed by atoms with Crippen molar-refractivity contribution in [1.29, 1.82) is 0 Å². The molecule has 2 aromatic rings. The third-order valence-electron chi connectivity index (χ3n) is 2.27. The van der Waals surface area contributed by atoms with Crippen molar-refractivity contribution >= 4 is 27.8 Å². The second-order valence-corrected chi connectivity index (χ2v) is 4.50. The number of hydrogen-bond acceptors (Lipinski definition) is 5. The van der Waals surface area contributed by atoms with Gasteiger partial charge in [-0.1, -0.05) is 12.1 Å². The maximum atomic E-state index is 11.8. The second-order valence-electron chi connectivity index (χ2n) is 3.65. The first-order chi connectivity index (χ1) is 9.08. The number of aromatic amines is 1. The first kappa shape index (κ1) is 13.2. The molecule has 0 unspecified atom stereocenters. The van der Waals surface area contributed by atoms with Crippen LogP contribution in [0.5, 0.6) is 0 Å². The van der Waals surface area contributed by atoms with Crippen molar-refractivity contribution in [3.8, 4) is 0 Å². The predicted octanol–water partition coefficient (Wildman–Crippen LogP) is 0.993. The van der Waals surface area contributed by atoms with Gasteiger partial charge in [0.1, 0.15) is 5.69 Å². The van der Waals surface area contributed by atoms with E-state index >= 15 is 0 Å². The van der Waals surface area contributed by atoms with Gasteiger partial charge in [0.25, 0.3) is 11.5 Å². The summed E-state index contributed by atoms with van der Waals surface area (Å²) in [7, 11) is 0. The summed E-state index contributed by atoms with van der Waals surface area (Å²) in [5.74, 6) is -0.299. The molecule has 0 aliphatic heterocycles. The second kappa shape index (κ2) is 5.61. The van der Waals surface area contributed by atoms with Gasteiger partial charge >= 0.3 is 0 Å². The number of carbonyl (C=O) groups is 1. The largest absolute Gasteiger partial charge is 0.288 e. The summed E-state index contributed by atoms with van der Waals surface area (Å²) in [6.45, 7) is 1.54. The zero-order valence-corrected chi connectivity index (χ0v) is 11.5. The highest BCUT2D eigenvalue weighted by atomic mass is 79.9. The van der Waals surface area contributed by atoms with E-state index < -0.39 is 0 Å². The van der Waals surface area contributed by atoms with Crippen molar-refractivity contribution < 1.29 is 4.79 Å². The van der Waals surface area contributed by atoms with Gasteiger partial charge in [0.2, 0.25) is 5.95 Å². The van der Waals surface area contributed by atoms with Gasteiger partial charge in [0.05, 0.1) is 5.56 Å². The number of nitrogens with zero attached hydrogens (tertiary/aromatic N) is 2. The van der Waals surface area contributed by atoms with Gasteiger partial charge in [-0.3, -0.25) is 25.4 Å². The molecule has 19 heavy (non-hydrogen) atoms. The number of amides is 1. The number of H-pyrrole nitrogens is 1. The molecule has 0 atom stereocenters. The Morgan fingerprint density at radius 1 is 1.32 bits per heavy atom. The number of carbonyl (C=O) groups excluding carboxylic acids is 1. The lowest BCUT2D eigenvalue weighted by molar-refractivity contribution is 0.0961. The van der Waals surface area contributed by atoms with Crippen LogP contribution in [0.15, 0.2) is 33.5 Å². The van der Waals surface area contributed by atoms with E-state index in [9.17, 15) is 9.59 Å². The van der Waals surface area contributed by atoms with Crippen LogP contribution in [0, 0.1) is 6.92 Å². The highest BCUT2D eigenvalue weighted by Gasteiger charge is 2.09. The molecule has 0 spiro atoms. The highest BCUT2D eigenvalue weighted by molar-refractivity contribution is 9.10. The Balaban J connectivity index is 2.07. The fraction of sp³-hybridized carbons (Fsp3) is 0.0909. The molecule has 1 amide bonds. The van der Waals surface area contributed by atoms with Crippen molar-refractivity contribution in [1.82, 2.24) is 20.6 Å². The van der Waals surface area contributed by atoms with Crippen LogP contribution in [0.2, 0.25) is 0 Å². The van der Waals surface area contributed by atoms with E-state index in [-0.39, 0.29) is 23.1 Å². The molecule has 0 saturated carbocycles. The minimum atomic E-state index is -0.368. The molecule has 0 fully saturated rings. The number of aromatic nitrogens is 3. The molecular weight excluding hydrogens is 314 g/mol. The topological polar surface area (TPSA) is 99.8 Å². The van der Waals surface area contributed by atoms with E-state index in [4.69, 9.17) is 0 Å². The number of benzene rings is 1. The maximum Gasteiger partial charge on any atom is 0.274 e. The normalized spacial score (nSPS) is 10.0. The molecular formula is C11H10BrN5O2. The van der Waals surface area contributed by atoms with Crippen LogP contribution in [0.25, 0.3) is 0 Å². The van der Waals surface area contributed by atoms with E-state index in [0.29, 0.717) is 10.0 Å². The fourth-order valence-electron chi connectivity index (χ4n) is 1.28. The van der Waals surface area contributed by atoms with E-state index in [1.54, 1.807) is 24.3 Å². The van der Waals surface area contributed by atoms with Gasteiger partial charge in [-0.25, -0.2) is 0 Å². The Labute approximate surface area is 116 Å². The lowest BCUT2D eigenvalue weighted by Crippen LogP contribution is -2.32. The third-order valence-corrected chi connectivity index (χ3v) is 2.96. The maximum absolute atomic E-state index is 11.8. The van der Waals surface area contributed by atoms with Crippen molar-refractivity contribution in [2.75, 3.05) is 5.43 Å². The van der Waals surface area contributed by atoms with Gasteiger partial charge in [0, 0.05) is 4.47 Å². The monoisotopic (exact) mass is 323 g/mol. The first-order valence-corrected chi connectivity index (χ1v) is 6.11. The Hall–Kier alpha value is -2.22. The number of nitrogens with one attached hydrogen (secondary N) is 3. The average molecular weight is 324 g/mol. The Bertz CT molecular complexity index is 670. The molecule has 0 bridgehead atoms. The van der Waals surface area contributed by atoms with Crippen LogP contribution in [0.1, 0.15) is 16.1 Å². The summed E-state index contributed by atoms with van der Waals surface area (Å²) in [5.41, 5.74) is 5.24. The molecule has 1 aromatic carbocycles. The van der Waals surface area contributed by atoms with Crippen LogP contribution in [0.3, 0.4) is 0 Å². The van der Waals surface area contributed by atoms with Gasteiger partial charge in [-0.15, -0.1) is 10.2 Å². The number of hydrogen-bond donors (Lipinski definition) is 3. The highest BCUT2D eigenvalue weighted by Crippen LogP contribution is 2.15. The molecule has 1 heterocycles. The van der Waals surface area contributed by atoms with Crippen molar-refractivity contribution in [2.45, 2.75) is 6.92 Å². The summed E-state index contributed by atoms with van der Waals surface area (Å²) in [5, 5.41) is 7.31. The molecule has 0 radical (unpaired) electrons. The predicted molar refractivity (Wildman–Crippen MR) is 72.6 cm³/mol. The quantitative estimate of drug-likeness (QED) is 0.731. The molecule has 0 aliphatic carbocycles. The number of hydrazine groups is 1. The van der Waals surface area contributed by atoms with Crippen molar-refractivity contribution in [3.63, 3.8) is 0 Å². The Kier molecular flexibility index (Phi) is 3.91. The van der Waals surface area contributed by atoms with Crippen molar-refractivity contribution in [3.05, 3.63) is 50.3 Å². The Morgan fingerprint density at radius 2 is 2.05 bits per heavy atom. The van der Waals surface area contributed by atoms with Gasteiger partial charge in [-0.2, -0.15) is 0 Å². The summed E-state index contributed by atoms with van der Waals surface area (Å²) < 4.78 is 0.665. The zero-order chi connectivity index (χ0) is 13.8. The molecule has 2 rings (SSSR count). The smallest absolute Gasteiger partial charge is 0.274 e. The van der Waals surface area contributed by atoms with Gasteiger partial charge < -0.3 is 0 Å². The summed E-state index contributed by atoms with van der Waals surface area (Å²) in [4.78, 5) is 25.6. The zero-order valence-electron chi connectivity index (χ0n) is 9.90. The molecule has 98 valence electrons. The molecule has 3 N–H and O–H groups in total. The van der Waals surface area contributed by atoms with Gasteiger partial charge in [0.15, 0.2) is 0 Å². The number of anilines is 1. The van der Waals surface area contributed by atoms with E-state index in [0.717, 1.165) is 0 Å². The lowest BCUT2D eigenvalue weighted by atomic mass is 10.2. The van der Waals surface area contributed by atoms with Crippen LogP contribution in [0.4, 0.5) is 5.95 Å². The molecule has 0 aliphatic rings. The average Bonchev–Trinajstić information content (AvgIpc) is 2.40. The van der Waals surface area contributed by atoms with Crippen LogP contribution >= 0.6 is 15.9 Å². The molecule has 8 heteroatoms.